The van der Waals surface area contributed by atoms with Gasteiger partial charge in [0.2, 0.25) is 0 Å². The van der Waals surface area contributed by atoms with Crippen LogP contribution in [0.4, 0.5) is 0 Å². The molecule has 5 heteroatoms. The second-order valence-electron chi connectivity index (χ2n) is 8.72. The van der Waals surface area contributed by atoms with Crippen LogP contribution < -0.4 is 0 Å². The Hall–Kier alpha value is -2.14. The number of oxime groups is 1. The van der Waals surface area contributed by atoms with Crippen molar-refractivity contribution in [2.75, 3.05) is 14.2 Å². The van der Waals surface area contributed by atoms with Gasteiger partial charge in [0.15, 0.2) is 0 Å². The number of rotatable bonds is 4. The number of carbonyl (C=O) groups excluding carboxylic acids is 1. The van der Waals surface area contributed by atoms with E-state index in [1.807, 2.05) is 23.5 Å². The molecule has 0 atom stereocenters. The highest BCUT2D eigenvalue weighted by Gasteiger charge is 2.41. The van der Waals surface area contributed by atoms with Gasteiger partial charge in [-0.1, -0.05) is 45.0 Å². The lowest BCUT2D eigenvalue weighted by Gasteiger charge is -2.39. The summed E-state index contributed by atoms with van der Waals surface area (Å²) in [6.45, 7) is 11.5. The van der Waals surface area contributed by atoms with Gasteiger partial charge in [0.05, 0.1) is 17.6 Å². The first kappa shape index (κ1) is 20.6. The molecule has 0 aliphatic heterocycles. The van der Waals surface area contributed by atoms with E-state index in [2.05, 4.69) is 39.8 Å². The summed E-state index contributed by atoms with van der Waals surface area (Å²) in [5, 5.41) is 4.37. The summed E-state index contributed by atoms with van der Waals surface area (Å²) in [6, 6.07) is 7.34. The van der Waals surface area contributed by atoms with Crippen molar-refractivity contribution >= 4 is 23.0 Å². The van der Waals surface area contributed by atoms with E-state index in [0.29, 0.717) is 5.56 Å². The first-order valence-corrected chi connectivity index (χ1v) is 10.4. The van der Waals surface area contributed by atoms with Crippen molar-refractivity contribution in [2.24, 2.45) is 5.16 Å². The molecule has 0 spiro atoms. The van der Waals surface area contributed by atoms with Crippen LogP contribution in [0.3, 0.4) is 0 Å². The van der Waals surface area contributed by atoms with Gasteiger partial charge in [0, 0.05) is 10.4 Å². The first-order chi connectivity index (χ1) is 13.1. The number of fused-ring (bicyclic) bond motifs is 1. The van der Waals surface area contributed by atoms with Gasteiger partial charge in [0.25, 0.3) is 0 Å². The van der Waals surface area contributed by atoms with Crippen molar-refractivity contribution in [3.8, 4) is 0 Å². The minimum Gasteiger partial charge on any atom is -0.465 e. The minimum atomic E-state index is -0.344. The molecule has 0 fully saturated rings. The van der Waals surface area contributed by atoms with Gasteiger partial charge < -0.3 is 9.57 Å². The van der Waals surface area contributed by atoms with Crippen LogP contribution >= 0.6 is 11.3 Å². The summed E-state index contributed by atoms with van der Waals surface area (Å²) in [5.41, 5.74) is 5.30. The number of esters is 1. The molecular weight excluding hydrogens is 370 g/mol. The van der Waals surface area contributed by atoms with Crippen LogP contribution in [-0.2, 0) is 20.4 Å². The molecular formula is C23H29NO3S. The second kappa shape index (κ2) is 7.36. The van der Waals surface area contributed by atoms with E-state index in [1.54, 1.807) is 19.2 Å². The Morgan fingerprint density at radius 1 is 1.00 bits per heavy atom. The monoisotopic (exact) mass is 399 g/mol. The number of benzene rings is 1. The van der Waals surface area contributed by atoms with Gasteiger partial charge in [-0.2, -0.15) is 0 Å². The van der Waals surface area contributed by atoms with E-state index < -0.39 is 0 Å². The predicted molar refractivity (Wildman–Crippen MR) is 115 cm³/mol. The fraction of sp³-hybridized carbons (Fsp3) is 0.478. The van der Waals surface area contributed by atoms with Gasteiger partial charge in [-0.15, -0.1) is 11.3 Å². The molecule has 0 bridgehead atoms. The molecule has 0 radical (unpaired) electrons. The fourth-order valence-electron chi connectivity index (χ4n) is 4.09. The molecule has 1 aliphatic carbocycles. The highest BCUT2D eigenvalue weighted by atomic mass is 32.1. The van der Waals surface area contributed by atoms with E-state index in [9.17, 15) is 4.79 Å². The minimum absolute atomic E-state index is 0.149. The molecule has 3 rings (SSSR count). The van der Waals surface area contributed by atoms with Crippen LogP contribution in [0.5, 0.6) is 0 Å². The molecule has 0 saturated heterocycles. The number of ether oxygens (including phenoxy) is 1. The van der Waals surface area contributed by atoms with E-state index in [-0.39, 0.29) is 16.8 Å². The average Bonchev–Trinajstić information content (AvgIpc) is 3.02. The average molecular weight is 400 g/mol. The lowest BCUT2D eigenvalue weighted by Crippen LogP contribution is -2.32. The third-order valence-corrected chi connectivity index (χ3v) is 7.45. The molecule has 2 aromatic rings. The second-order valence-corrected chi connectivity index (χ2v) is 9.74. The molecule has 4 nitrogen and oxygen atoms in total. The molecule has 1 aromatic heterocycles. The Balaban J connectivity index is 2.14. The van der Waals surface area contributed by atoms with Crippen LogP contribution in [0.2, 0.25) is 0 Å². The summed E-state index contributed by atoms with van der Waals surface area (Å²) in [7, 11) is 2.95. The Morgan fingerprint density at radius 2 is 1.57 bits per heavy atom. The zero-order valence-corrected chi connectivity index (χ0v) is 18.6. The molecule has 0 N–H and O–H groups in total. The fourth-order valence-corrected chi connectivity index (χ4v) is 5.71. The van der Waals surface area contributed by atoms with Gasteiger partial charge in [-0.05, 0) is 53.9 Å². The lowest BCUT2D eigenvalue weighted by atomic mass is 9.66. The number of nitrogens with zero attached hydrogens (tertiary/aromatic N) is 1. The highest BCUT2D eigenvalue weighted by molar-refractivity contribution is 7.15. The van der Waals surface area contributed by atoms with Gasteiger partial charge in [-0.25, -0.2) is 4.79 Å². The Bertz CT molecular complexity index is 920. The van der Waals surface area contributed by atoms with Gasteiger partial charge in [-0.3, -0.25) is 0 Å². The SMILES string of the molecule is CO/N=C(\c1ccc(C(=O)OC)cc1)c1sc2c(c1C)C(C)(C)CCC2(C)C. The Labute approximate surface area is 171 Å². The summed E-state index contributed by atoms with van der Waals surface area (Å²) >= 11 is 1.83. The molecule has 0 amide bonds. The normalized spacial score (nSPS) is 17.8. The molecule has 1 aromatic carbocycles. The Morgan fingerprint density at radius 3 is 2.11 bits per heavy atom. The Kier molecular flexibility index (Phi) is 5.41. The van der Waals surface area contributed by atoms with E-state index in [1.165, 1.54) is 36.0 Å². The quantitative estimate of drug-likeness (QED) is 0.382. The molecule has 0 saturated carbocycles. The van der Waals surface area contributed by atoms with Crippen LogP contribution in [0.15, 0.2) is 29.4 Å². The third-order valence-electron chi connectivity index (χ3n) is 5.79. The van der Waals surface area contributed by atoms with Crippen LogP contribution in [0.1, 0.15) is 77.3 Å². The van der Waals surface area contributed by atoms with Crippen molar-refractivity contribution < 1.29 is 14.4 Å². The van der Waals surface area contributed by atoms with Crippen molar-refractivity contribution in [3.05, 3.63) is 56.3 Å². The molecule has 150 valence electrons. The van der Waals surface area contributed by atoms with E-state index >= 15 is 0 Å². The number of carbonyl (C=O) groups is 1. The summed E-state index contributed by atoms with van der Waals surface area (Å²) in [4.78, 5) is 19.5. The summed E-state index contributed by atoms with van der Waals surface area (Å²) < 4.78 is 4.80. The smallest absolute Gasteiger partial charge is 0.337 e. The standard InChI is InChI=1S/C23H29NO3S/c1-14-17-20(23(4,5)13-12-22(17,2)3)28-19(14)18(24-27-7)15-8-10-16(11-9-15)21(25)26-6/h8-11H,12-13H2,1-7H3/b24-18+. The predicted octanol–water partition coefficient (Wildman–Crippen LogP) is 5.59. The van der Waals surface area contributed by atoms with Gasteiger partial charge in [0.1, 0.15) is 12.8 Å². The van der Waals surface area contributed by atoms with Crippen molar-refractivity contribution in [1.82, 2.24) is 0 Å². The topological polar surface area (TPSA) is 47.9 Å². The van der Waals surface area contributed by atoms with Crippen molar-refractivity contribution in [3.63, 3.8) is 0 Å². The maximum Gasteiger partial charge on any atom is 0.337 e. The summed E-state index contributed by atoms with van der Waals surface area (Å²) in [5.74, 6) is -0.344. The number of thiophene rings is 1. The van der Waals surface area contributed by atoms with Crippen molar-refractivity contribution in [1.29, 1.82) is 0 Å². The highest BCUT2D eigenvalue weighted by Crippen LogP contribution is 2.51. The zero-order chi connectivity index (χ0) is 20.7. The van der Waals surface area contributed by atoms with E-state index in [0.717, 1.165) is 16.2 Å². The lowest BCUT2D eigenvalue weighted by molar-refractivity contribution is 0.0600. The maximum absolute atomic E-state index is 11.7. The first-order valence-electron chi connectivity index (χ1n) is 9.57. The number of methoxy groups -OCH3 is 1. The zero-order valence-electron chi connectivity index (χ0n) is 17.8. The van der Waals surface area contributed by atoms with Crippen LogP contribution in [0.25, 0.3) is 0 Å². The summed E-state index contributed by atoms with van der Waals surface area (Å²) in [6.07, 6.45) is 2.35. The van der Waals surface area contributed by atoms with Crippen LogP contribution in [-0.4, -0.2) is 25.9 Å². The largest absolute Gasteiger partial charge is 0.465 e. The number of hydrogen-bond donors (Lipinski definition) is 0. The molecule has 1 heterocycles. The molecule has 1 aliphatic rings. The van der Waals surface area contributed by atoms with Crippen molar-refractivity contribution in [2.45, 2.75) is 58.3 Å². The van der Waals surface area contributed by atoms with E-state index in [4.69, 9.17) is 9.57 Å². The van der Waals surface area contributed by atoms with Gasteiger partial charge >= 0.3 is 5.97 Å². The molecule has 0 unspecified atom stereocenters. The number of hydrogen-bond acceptors (Lipinski definition) is 5. The third kappa shape index (κ3) is 3.48. The maximum atomic E-state index is 11.7. The molecule has 28 heavy (non-hydrogen) atoms. The van der Waals surface area contributed by atoms with Crippen LogP contribution in [0, 0.1) is 6.92 Å².